The summed E-state index contributed by atoms with van der Waals surface area (Å²) in [5, 5.41) is 2.96. The van der Waals surface area contributed by atoms with Crippen molar-refractivity contribution in [1.82, 2.24) is 0 Å². The van der Waals surface area contributed by atoms with Crippen molar-refractivity contribution in [3.05, 3.63) is 47.8 Å². The quantitative estimate of drug-likeness (QED) is 0.854. The van der Waals surface area contributed by atoms with Gasteiger partial charge < -0.3 is 11.1 Å². The first-order valence-electron chi connectivity index (χ1n) is 5.91. The van der Waals surface area contributed by atoms with Crippen molar-refractivity contribution >= 4 is 26.9 Å². The average molecular weight is 294 g/mol. The number of hydrogen-bond donors (Lipinski definition) is 2. The predicted octanol–water partition coefficient (Wildman–Crippen LogP) is 2.86. The number of nitrogens with two attached hydrogens (primary N) is 1. The summed E-state index contributed by atoms with van der Waals surface area (Å²) >= 11 is 0. The van der Waals surface area contributed by atoms with Gasteiger partial charge in [0.25, 0.3) is 0 Å². The minimum absolute atomic E-state index is 0.0524. The molecule has 106 valence electrons. The molecule has 0 saturated carbocycles. The number of hydrogen-bond acceptors (Lipinski definition) is 4. The van der Waals surface area contributed by atoms with Crippen LogP contribution in [-0.2, 0) is 9.84 Å². The Labute approximate surface area is 117 Å². The van der Waals surface area contributed by atoms with E-state index in [2.05, 4.69) is 5.32 Å². The molecule has 2 aromatic rings. The lowest BCUT2D eigenvalue weighted by molar-refractivity contribution is 0.602. The van der Waals surface area contributed by atoms with Gasteiger partial charge in [-0.2, -0.15) is 0 Å². The first-order chi connectivity index (χ1) is 9.29. The molecule has 0 spiro atoms. The Bertz CT molecular complexity index is 758. The minimum Gasteiger partial charge on any atom is -0.396 e. The van der Waals surface area contributed by atoms with Crippen LogP contribution in [0.25, 0.3) is 0 Å². The van der Waals surface area contributed by atoms with Gasteiger partial charge in [-0.1, -0.05) is 12.1 Å². The lowest BCUT2D eigenvalue weighted by Gasteiger charge is -2.14. The molecule has 0 bridgehead atoms. The molecule has 0 unspecified atom stereocenters. The summed E-state index contributed by atoms with van der Waals surface area (Å²) in [5.41, 5.74) is 7.80. The van der Waals surface area contributed by atoms with Crippen LogP contribution in [0.5, 0.6) is 0 Å². The molecule has 0 radical (unpaired) electrons. The number of sulfone groups is 1. The topological polar surface area (TPSA) is 72.2 Å². The molecule has 20 heavy (non-hydrogen) atoms. The van der Waals surface area contributed by atoms with E-state index in [1.54, 1.807) is 18.2 Å². The molecule has 0 aromatic heterocycles. The average Bonchev–Trinajstić information content (AvgIpc) is 2.35. The zero-order valence-electron chi connectivity index (χ0n) is 11.1. The molecule has 0 aliphatic heterocycles. The van der Waals surface area contributed by atoms with Crippen LogP contribution in [0.15, 0.2) is 41.3 Å². The molecule has 0 saturated heterocycles. The maximum absolute atomic E-state index is 13.3. The Morgan fingerprint density at radius 2 is 1.85 bits per heavy atom. The first-order valence-corrected chi connectivity index (χ1v) is 7.80. The van der Waals surface area contributed by atoms with Crippen LogP contribution < -0.4 is 11.1 Å². The molecule has 0 aliphatic carbocycles. The van der Waals surface area contributed by atoms with Gasteiger partial charge in [-0.25, -0.2) is 12.8 Å². The van der Waals surface area contributed by atoms with Crippen LogP contribution in [0, 0.1) is 12.7 Å². The van der Waals surface area contributed by atoms with Crippen molar-refractivity contribution in [3.8, 4) is 0 Å². The maximum atomic E-state index is 13.3. The van der Waals surface area contributed by atoms with Gasteiger partial charge in [0.1, 0.15) is 5.82 Å². The Balaban J connectivity index is 2.47. The summed E-state index contributed by atoms with van der Waals surface area (Å²) < 4.78 is 36.5. The van der Waals surface area contributed by atoms with Gasteiger partial charge in [0, 0.05) is 11.9 Å². The van der Waals surface area contributed by atoms with Crippen molar-refractivity contribution in [3.63, 3.8) is 0 Å². The van der Waals surface area contributed by atoms with Crippen LogP contribution in [-0.4, -0.2) is 14.7 Å². The van der Waals surface area contributed by atoms with Gasteiger partial charge in [0.05, 0.1) is 16.3 Å². The van der Waals surface area contributed by atoms with Gasteiger partial charge in [0.15, 0.2) is 9.84 Å². The highest BCUT2D eigenvalue weighted by Crippen LogP contribution is 2.30. The highest BCUT2D eigenvalue weighted by molar-refractivity contribution is 7.90. The third-order valence-corrected chi connectivity index (χ3v) is 4.09. The fraction of sp³-hybridized carbons (Fsp3) is 0.143. The van der Waals surface area contributed by atoms with E-state index >= 15 is 0 Å². The normalized spacial score (nSPS) is 11.3. The summed E-state index contributed by atoms with van der Waals surface area (Å²) in [6.07, 6.45) is 1.09. The molecular weight excluding hydrogens is 279 g/mol. The van der Waals surface area contributed by atoms with Gasteiger partial charge >= 0.3 is 0 Å². The minimum atomic E-state index is -3.41. The second-order valence-electron chi connectivity index (χ2n) is 4.57. The predicted molar refractivity (Wildman–Crippen MR) is 78.4 cm³/mol. The number of para-hydroxylation sites is 1. The van der Waals surface area contributed by atoms with E-state index in [9.17, 15) is 12.8 Å². The number of nitrogen functional groups attached to an aromatic ring is 1. The zero-order valence-corrected chi connectivity index (χ0v) is 12.0. The summed E-state index contributed by atoms with van der Waals surface area (Å²) in [5.74, 6) is -0.379. The Kier molecular flexibility index (Phi) is 3.67. The van der Waals surface area contributed by atoms with Gasteiger partial charge in [-0.3, -0.25) is 0 Å². The maximum Gasteiger partial charge on any atom is 0.177 e. The van der Waals surface area contributed by atoms with Crippen LogP contribution in [0.3, 0.4) is 0 Å². The SMILES string of the molecule is Cc1ccc(F)cc1Nc1cccc(S(C)(=O)=O)c1N. The number of nitrogens with one attached hydrogen (secondary N) is 1. The molecule has 6 heteroatoms. The molecule has 0 atom stereocenters. The summed E-state index contributed by atoms with van der Waals surface area (Å²) in [4.78, 5) is 0.0524. The number of benzene rings is 2. The lowest BCUT2D eigenvalue weighted by atomic mass is 10.2. The van der Waals surface area contributed by atoms with Gasteiger partial charge in [-0.05, 0) is 36.8 Å². The third kappa shape index (κ3) is 2.91. The van der Waals surface area contributed by atoms with Crippen molar-refractivity contribution < 1.29 is 12.8 Å². The molecule has 0 heterocycles. The number of rotatable bonds is 3. The van der Waals surface area contributed by atoms with E-state index in [1.165, 1.54) is 18.2 Å². The highest BCUT2D eigenvalue weighted by atomic mass is 32.2. The van der Waals surface area contributed by atoms with E-state index in [1.807, 2.05) is 6.92 Å². The summed E-state index contributed by atoms with van der Waals surface area (Å²) in [7, 11) is -3.41. The lowest BCUT2D eigenvalue weighted by Crippen LogP contribution is -2.05. The molecule has 0 aliphatic rings. The molecular formula is C14H15FN2O2S. The second kappa shape index (κ2) is 5.13. The second-order valence-corrected chi connectivity index (χ2v) is 6.56. The summed E-state index contributed by atoms with van der Waals surface area (Å²) in [6.45, 7) is 1.82. The van der Waals surface area contributed by atoms with Crippen molar-refractivity contribution in [2.24, 2.45) is 0 Å². The first kappa shape index (κ1) is 14.3. The Morgan fingerprint density at radius 3 is 2.50 bits per heavy atom. The van der Waals surface area contributed by atoms with Crippen LogP contribution in [0.4, 0.5) is 21.5 Å². The van der Waals surface area contributed by atoms with Gasteiger partial charge in [-0.15, -0.1) is 0 Å². The van der Waals surface area contributed by atoms with E-state index in [0.29, 0.717) is 11.4 Å². The number of aryl methyl sites for hydroxylation is 1. The fourth-order valence-electron chi connectivity index (χ4n) is 1.85. The van der Waals surface area contributed by atoms with E-state index < -0.39 is 9.84 Å². The van der Waals surface area contributed by atoms with Crippen molar-refractivity contribution in [2.45, 2.75) is 11.8 Å². The zero-order chi connectivity index (χ0) is 14.9. The number of halogens is 1. The van der Waals surface area contributed by atoms with E-state index in [-0.39, 0.29) is 16.4 Å². The highest BCUT2D eigenvalue weighted by Gasteiger charge is 2.14. The monoisotopic (exact) mass is 294 g/mol. The van der Waals surface area contributed by atoms with E-state index in [4.69, 9.17) is 5.73 Å². The Hall–Kier alpha value is -2.08. The fourth-order valence-corrected chi connectivity index (χ4v) is 2.69. The standard InChI is InChI=1S/C14H15FN2O2S/c1-9-6-7-10(15)8-12(9)17-11-4-3-5-13(14(11)16)20(2,18)19/h3-8,17H,16H2,1-2H3. The Morgan fingerprint density at radius 1 is 1.15 bits per heavy atom. The molecule has 0 fully saturated rings. The smallest absolute Gasteiger partial charge is 0.177 e. The van der Waals surface area contributed by atoms with Gasteiger partial charge in [0.2, 0.25) is 0 Å². The largest absolute Gasteiger partial charge is 0.396 e. The van der Waals surface area contributed by atoms with Crippen molar-refractivity contribution in [2.75, 3.05) is 17.3 Å². The number of anilines is 3. The van der Waals surface area contributed by atoms with E-state index in [0.717, 1.165) is 11.8 Å². The molecule has 0 amide bonds. The molecule has 2 aromatic carbocycles. The van der Waals surface area contributed by atoms with Crippen LogP contribution in [0.1, 0.15) is 5.56 Å². The van der Waals surface area contributed by atoms with Crippen LogP contribution >= 0.6 is 0 Å². The summed E-state index contributed by atoms with van der Waals surface area (Å²) in [6, 6.07) is 9.00. The molecule has 3 N–H and O–H groups in total. The van der Waals surface area contributed by atoms with Crippen LogP contribution in [0.2, 0.25) is 0 Å². The third-order valence-electron chi connectivity index (χ3n) is 2.93. The van der Waals surface area contributed by atoms with Crippen molar-refractivity contribution in [1.29, 1.82) is 0 Å². The molecule has 4 nitrogen and oxygen atoms in total. The molecule has 2 rings (SSSR count).